The molecule has 1 aliphatic heterocycles. The smallest absolute Gasteiger partial charge is 0.257 e. The molecule has 0 atom stereocenters. The third-order valence-corrected chi connectivity index (χ3v) is 4.45. The summed E-state index contributed by atoms with van der Waals surface area (Å²) in [6, 6.07) is 1.74. The lowest BCUT2D eigenvalue weighted by atomic mass is 9.90. The number of ketones is 1. The monoisotopic (exact) mass is 321 g/mol. The van der Waals surface area contributed by atoms with Crippen LogP contribution >= 0.6 is 0 Å². The van der Waals surface area contributed by atoms with Crippen LogP contribution in [0.15, 0.2) is 6.07 Å². The van der Waals surface area contributed by atoms with Crippen molar-refractivity contribution in [3.63, 3.8) is 0 Å². The van der Waals surface area contributed by atoms with Crippen LogP contribution < -0.4 is 14.2 Å². The molecule has 1 aromatic rings. The third kappa shape index (κ3) is 3.27. The van der Waals surface area contributed by atoms with Crippen molar-refractivity contribution in [2.24, 2.45) is 0 Å². The highest BCUT2D eigenvalue weighted by Gasteiger charge is 2.43. The molecular formula is C17H23NO5. The minimum absolute atomic E-state index is 0.0254. The average molecular weight is 321 g/mol. The minimum atomic E-state index is -0.340. The molecule has 3 rings (SSSR count). The maximum atomic E-state index is 12.5. The lowest BCUT2D eigenvalue weighted by Gasteiger charge is -2.34. The molecule has 2 heterocycles. The fraction of sp³-hybridized carbons (Fsp3) is 0.647. The van der Waals surface area contributed by atoms with Crippen molar-refractivity contribution in [2.75, 3.05) is 27.4 Å². The molecule has 1 aromatic heterocycles. The van der Waals surface area contributed by atoms with Gasteiger partial charge in [-0.15, -0.1) is 0 Å². The van der Waals surface area contributed by atoms with E-state index in [9.17, 15) is 4.79 Å². The van der Waals surface area contributed by atoms with Crippen LogP contribution in [0.25, 0.3) is 0 Å². The van der Waals surface area contributed by atoms with E-state index >= 15 is 0 Å². The highest BCUT2D eigenvalue weighted by Crippen LogP contribution is 2.44. The number of aromatic nitrogens is 1. The molecule has 6 heteroatoms. The number of ether oxygens (including phenoxy) is 4. The minimum Gasteiger partial charge on any atom is -0.488 e. The molecule has 0 radical (unpaired) electrons. The van der Waals surface area contributed by atoms with Crippen molar-refractivity contribution < 1.29 is 23.7 Å². The Morgan fingerprint density at radius 3 is 2.74 bits per heavy atom. The molecule has 0 saturated heterocycles. The Morgan fingerprint density at radius 2 is 2.04 bits per heavy atom. The van der Waals surface area contributed by atoms with E-state index in [2.05, 4.69) is 4.98 Å². The van der Waals surface area contributed by atoms with E-state index in [-0.39, 0.29) is 11.4 Å². The predicted octanol–water partition coefficient (Wildman–Crippen LogP) is 2.78. The van der Waals surface area contributed by atoms with Crippen molar-refractivity contribution in [2.45, 2.75) is 44.1 Å². The molecule has 1 fully saturated rings. The molecule has 0 N–H and O–H groups in total. The van der Waals surface area contributed by atoms with Gasteiger partial charge in [0.1, 0.15) is 5.60 Å². The molecule has 23 heavy (non-hydrogen) atoms. The van der Waals surface area contributed by atoms with E-state index in [1.807, 2.05) is 0 Å². The number of fused-ring (bicyclic) bond motifs is 1. The van der Waals surface area contributed by atoms with Gasteiger partial charge >= 0.3 is 0 Å². The maximum absolute atomic E-state index is 12.5. The number of pyridine rings is 1. The van der Waals surface area contributed by atoms with Gasteiger partial charge in [-0.25, -0.2) is 4.98 Å². The van der Waals surface area contributed by atoms with Crippen LogP contribution in [-0.4, -0.2) is 43.8 Å². The fourth-order valence-electron chi connectivity index (χ4n) is 3.32. The Balaban J connectivity index is 1.84. The summed E-state index contributed by atoms with van der Waals surface area (Å²) < 4.78 is 22.2. The average Bonchev–Trinajstić information content (AvgIpc) is 2.98. The normalized spacial score (nSPS) is 18.6. The van der Waals surface area contributed by atoms with Gasteiger partial charge in [-0.1, -0.05) is 0 Å². The molecule has 6 nitrogen and oxygen atoms in total. The second-order valence-electron chi connectivity index (χ2n) is 6.13. The van der Waals surface area contributed by atoms with Crippen LogP contribution in [-0.2, 0) is 4.74 Å². The molecule has 0 amide bonds. The summed E-state index contributed by atoms with van der Waals surface area (Å²) in [6.45, 7) is 1.11. The number of rotatable bonds is 6. The van der Waals surface area contributed by atoms with Crippen LogP contribution in [0, 0.1) is 0 Å². The quantitative estimate of drug-likeness (QED) is 0.751. The Bertz CT molecular complexity index is 581. The fourth-order valence-corrected chi connectivity index (χ4v) is 3.32. The van der Waals surface area contributed by atoms with Crippen LogP contribution in [0.2, 0.25) is 0 Å². The predicted molar refractivity (Wildman–Crippen MR) is 83.6 cm³/mol. The lowest BCUT2D eigenvalue weighted by molar-refractivity contribution is 0.0434. The summed E-state index contributed by atoms with van der Waals surface area (Å²) in [4.78, 5) is 16.8. The molecular weight excluding hydrogens is 298 g/mol. The van der Waals surface area contributed by atoms with Gasteiger partial charge in [-0.05, 0) is 25.7 Å². The van der Waals surface area contributed by atoms with Gasteiger partial charge in [0, 0.05) is 26.2 Å². The second kappa shape index (κ2) is 6.74. The van der Waals surface area contributed by atoms with Crippen molar-refractivity contribution in [1.82, 2.24) is 4.98 Å². The zero-order chi connectivity index (χ0) is 16.3. The topological polar surface area (TPSA) is 66.9 Å². The molecule has 1 spiro atoms. The van der Waals surface area contributed by atoms with Gasteiger partial charge in [0.2, 0.25) is 0 Å². The first-order chi connectivity index (χ1) is 11.2. The van der Waals surface area contributed by atoms with Crippen molar-refractivity contribution in [3.8, 4) is 17.4 Å². The summed E-state index contributed by atoms with van der Waals surface area (Å²) in [7, 11) is 3.17. The molecule has 2 aliphatic rings. The van der Waals surface area contributed by atoms with Gasteiger partial charge in [-0.3, -0.25) is 4.79 Å². The number of hydrogen-bond acceptors (Lipinski definition) is 6. The van der Waals surface area contributed by atoms with E-state index in [4.69, 9.17) is 18.9 Å². The first kappa shape index (κ1) is 16.1. The molecule has 0 aromatic carbocycles. The van der Waals surface area contributed by atoms with Crippen LogP contribution in [0.1, 0.15) is 49.0 Å². The number of hydrogen-bond donors (Lipinski definition) is 0. The Morgan fingerprint density at radius 1 is 1.26 bits per heavy atom. The molecule has 0 bridgehead atoms. The van der Waals surface area contributed by atoms with E-state index in [0.29, 0.717) is 42.7 Å². The Kier molecular flexibility index (Phi) is 4.71. The Hall–Kier alpha value is -1.82. The second-order valence-corrected chi connectivity index (χ2v) is 6.13. The number of carbonyl (C=O) groups is 1. The third-order valence-electron chi connectivity index (χ3n) is 4.45. The summed E-state index contributed by atoms with van der Waals surface area (Å²) in [5, 5.41) is 0. The van der Waals surface area contributed by atoms with Crippen LogP contribution in [0.3, 0.4) is 0 Å². The first-order valence-electron chi connectivity index (χ1n) is 8.10. The summed E-state index contributed by atoms with van der Waals surface area (Å²) in [6.07, 6.45) is 5.23. The number of nitrogens with zero attached hydrogens (tertiary/aromatic N) is 1. The van der Waals surface area contributed by atoms with E-state index in [1.54, 1.807) is 13.2 Å². The van der Waals surface area contributed by atoms with Crippen molar-refractivity contribution in [3.05, 3.63) is 11.8 Å². The molecule has 1 aliphatic carbocycles. The largest absolute Gasteiger partial charge is 0.488 e. The summed E-state index contributed by atoms with van der Waals surface area (Å²) in [5.74, 6) is 1.37. The van der Waals surface area contributed by atoms with E-state index in [1.165, 1.54) is 7.11 Å². The number of Topliss-reactive ketones (excluding diaryl/α,β-unsaturated/α-hetero) is 1. The molecule has 1 saturated carbocycles. The number of carbonyl (C=O) groups excluding carboxylic acids is 1. The Labute approximate surface area is 136 Å². The van der Waals surface area contributed by atoms with Gasteiger partial charge in [0.15, 0.2) is 23.0 Å². The summed E-state index contributed by atoms with van der Waals surface area (Å²) >= 11 is 0. The standard InChI is InChI=1S/C17H23NO5/c1-20-8-5-9-22-14-10-13-15(18-16(14)21-2)12(19)11-17(23-13)6-3-4-7-17/h10H,3-9,11H2,1-2H3. The lowest BCUT2D eigenvalue weighted by Crippen LogP contribution is -2.39. The zero-order valence-electron chi connectivity index (χ0n) is 13.7. The summed E-state index contributed by atoms with van der Waals surface area (Å²) in [5.41, 5.74) is 0.0110. The first-order valence-corrected chi connectivity index (χ1v) is 8.10. The van der Waals surface area contributed by atoms with Crippen molar-refractivity contribution >= 4 is 5.78 Å². The SMILES string of the molecule is COCCCOc1cc2c(nc1OC)C(=O)CC1(CCCC1)O2. The van der Waals surface area contributed by atoms with Gasteiger partial charge < -0.3 is 18.9 Å². The highest BCUT2D eigenvalue weighted by molar-refractivity contribution is 5.99. The van der Waals surface area contributed by atoms with Gasteiger partial charge in [0.25, 0.3) is 5.88 Å². The van der Waals surface area contributed by atoms with Crippen LogP contribution in [0.4, 0.5) is 0 Å². The zero-order valence-corrected chi connectivity index (χ0v) is 13.7. The number of methoxy groups -OCH3 is 2. The van der Waals surface area contributed by atoms with E-state index in [0.717, 1.165) is 32.1 Å². The van der Waals surface area contributed by atoms with Crippen LogP contribution in [0.5, 0.6) is 17.4 Å². The molecule has 126 valence electrons. The molecule has 0 unspecified atom stereocenters. The van der Waals surface area contributed by atoms with Gasteiger partial charge in [0.05, 0.1) is 20.1 Å². The van der Waals surface area contributed by atoms with Gasteiger partial charge in [-0.2, -0.15) is 0 Å². The van der Waals surface area contributed by atoms with Crippen molar-refractivity contribution in [1.29, 1.82) is 0 Å². The highest BCUT2D eigenvalue weighted by atomic mass is 16.5. The maximum Gasteiger partial charge on any atom is 0.257 e. The van der Waals surface area contributed by atoms with E-state index < -0.39 is 0 Å².